The van der Waals surface area contributed by atoms with Crippen LogP contribution in [0.1, 0.15) is 31.4 Å². The molecule has 170 valence electrons. The van der Waals surface area contributed by atoms with Crippen LogP contribution in [0.25, 0.3) is 10.8 Å². The number of hydrogen-bond donors (Lipinski definition) is 3. The fraction of sp³-hybridized carbons (Fsp3) is 0.318. The van der Waals surface area contributed by atoms with Crippen LogP contribution in [-0.2, 0) is 33.7 Å². The minimum absolute atomic E-state index is 0.0192. The quantitative estimate of drug-likeness (QED) is 0.444. The van der Waals surface area contributed by atoms with Crippen molar-refractivity contribution in [3.8, 4) is 0 Å². The molecule has 3 rings (SSSR count). The number of nitrogens with one attached hydrogen (secondary N) is 3. The summed E-state index contributed by atoms with van der Waals surface area (Å²) < 4.78 is 27.7. The van der Waals surface area contributed by atoms with Gasteiger partial charge in [-0.2, -0.15) is 0 Å². The molecule has 1 amide bonds. The Morgan fingerprint density at radius 2 is 1.62 bits per heavy atom. The van der Waals surface area contributed by atoms with Gasteiger partial charge < -0.3 is 5.32 Å². The molecule has 1 aromatic heterocycles. The van der Waals surface area contributed by atoms with Gasteiger partial charge in [0.25, 0.3) is 11.1 Å². The molecule has 9 nitrogen and oxygen atoms in total. The lowest BCUT2D eigenvalue weighted by Gasteiger charge is -2.10. The monoisotopic (exact) mass is 458 g/mol. The molecule has 2 aromatic carbocycles. The molecule has 0 spiro atoms. The van der Waals surface area contributed by atoms with E-state index in [1.165, 1.54) is 0 Å². The summed E-state index contributed by atoms with van der Waals surface area (Å²) in [6.45, 7) is 3.83. The van der Waals surface area contributed by atoms with Gasteiger partial charge >= 0.3 is 0 Å². The zero-order chi connectivity index (χ0) is 23.3. The maximum atomic E-state index is 12.5. The second kappa shape index (κ2) is 9.92. The third-order valence-corrected chi connectivity index (χ3v) is 6.27. The Labute approximate surface area is 185 Å². The summed E-state index contributed by atoms with van der Waals surface area (Å²) in [7, 11) is -3.40. The Balaban J connectivity index is 1.54. The smallest absolute Gasteiger partial charge is 0.273 e. The third kappa shape index (κ3) is 6.14. The Bertz CT molecular complexity index is 1320. The van der Waals surface area contributed by atoms with Crippen molar-refractivity contribution in [3.05, 3.63) is 80.4 Å². The van der Waals surface area contributed by atoms with E-state index in [0.29, 0.717) is 16.3 Å². The number of fused-ring (bicyclic) bond motifs is 1. The lowest BCUT2D eigenvalue weighted by atomic mass is 10.1. The summed E-state index contributed by atoms with van der Waals surface area (Å²) in [6, 6.07) is 13.3. The van der Waals surface area contributed by atoms with Crippen molar-refractivity contribution in [2.24, 2.45) is 0 Å². The standard InChI is InChI=1S/C22H26N4O5S/c1-15(2)25-32(30,31)14-17-9-7-16(8-10-17)13-23-20(27)11-12-26-22(29)19-6-4-3-5-18(19)21(28)24-26/h3-10,15,25H,11-14H2,1-2H3,(H,23,27)(H,24,28). The predicted octanol–water partition coefficient (Wildman–Crippen LogP) is 1.22. The number of hydrogen-bond acceptors (Lipinski definition) is 5. The second-order valence-electron chi connectivity index (χ2n) is 7.82. The van der Waals surface area contributed by atoms with Crippen LogP contribution in [0.3, 0.4) is 0 Å². The number of nitrogens with zero attached hydrogens (tertiary/aromatic N) is 1. The first-order valence-electron chi connectivity index (χ1n) is 10.2. The molecule has 0 aliphatic carbocycles. The highest BCUT2D eigenvalue weighted by Crippen LogP contribution is 2.09. The van der Waals surface area contributed by atoms with Crippen molar-refractivity contribution in [2.45, 2.75) is 45.2 Å². The fourth-order valence-electron chi connectivity index (χ4n) is 3.28. The third-order valence-electron chi connectivity index (χ3n) is 4.73. The number of sulfonamides is 1. The van der Waals surface area contributed by atoms with Gasteiger partial charge in [-0.05, 0) is 37.1 Å². The van der Waals surface area contributed by atoms with Crippen molar-refractivity contribution in [1.82, 2.24) is 19.8 Å². The van der Waals surface area contributed by atoms with Gasteiger partial charge in [0.15, 0.2) is 0 Å². The van der Waals surface area contributed by atoms with E-state index in [9.17, 15) is 22.8 Å². The van der Waals surface area contributed by atoms with Gasteiger partial charge in [0.1, 0.15) is 0 Å². The highest BCUT2D eigenvalue weighted by Gasteiger charge is 2.13. The van der Waals surface area contributed by atoms with Gasteiger partial charge in [-0.25, -0.2) is 17.8 Å². The van der Waals surface area contributed by atoms with E-state index in [2.05, 4.69) is 15.1 Å². The van der Waals surface area contributed by atoms with Crippen molar-refractivity contribution in [1.29, 1.82) is 0 Å². The van der Waals surface area contributed by atoms with Crippen LogP contribution in [-0.4, -0.2) is 30.1 Å². The van der Waals surface area contributed by atoms with Crippen LogP contribution in [0.15, 0.2) is 58.1 Å². The predicted molar refractivity (Wildman–Crippen MR) is 123 cm³/mol. The molecular formula is C22H26N4O5S. The molecule has 0 saturated heterocycles. The Morgan fingerprint density at radius 3 is 2.28 bits per heavy atom. The molecule has 0 aliphatic heterocycles. The zero-order valence-electron chi connectivity index (χ0n) is 17.9. The highest BCUT2D eigenvalue weighted by atomic mass is 32.2. The van der Waals surface area contributed by atoms with E-state index in [0.717, 1.165) is 10.2 Å². The van der Waals surface area contributed by atoms with Crippen molar-refractivity contribution in [2.75, 3.05) is 0 Å². The van der Waals surface area contributed by atoms with Crippen LogP contribution in [0.2, 0.25) is 0 Å². The van der Waals surface area contributed by atoms with Crippen LogP contribution in [0.4, 0.5) is 0 Å². The summed E-state index contributed by atoms with van der Waals surface area (Å²) in [4.78, 5) is 36.8. The van der Waals surface area contributed by atoms with Gasteiger partial charge in [0, 0.05) is 19.0 Å². The average molecular weight is 459 g/mol. The van der Waals surface area contributed by atoms with E-state index >= 15 is 0 Å². The molecule has 0 saturated carbocycles. The maximum absolute atomic E-state index is 12.5. The first-order chi connectivity index (χ1) is 15.1. The number of amides is 1. The number of benzene rings is 2. The summed E-state index contributed by atoms with van der Waals surface area (Å²) in [5.41, 5.74) is 0.720. The van der Waals surface area contributed by atoms with Crippen molar-refractivity contribution in [3.63, 3.8) is 0 Å². The zero-order valence-corrected chi connectivity index (χ0v) is 18.7. The summed E-state index contributed by atoms with van der Waals surface area (Å²) >= 11 is 0. The summed E-state index contributed by atoms with van der Waals surface area (Å²) in [6.07, 6.45) is 0.0192. The topological polar surface area (TPSA) is 130 Å². The molecule has 32 heavy (non-hydrogen) atoms. The molecule has 1 heterocycles. The lowest BCUT2D eigenvalue weighted by molar-refractivity contribution is -0.121. The van der Waals surface area contributed by atoms with Gasteiger partial charge in [0.2, 0.25) is 15.9 Å². The van der Waals surface area contributed by atoms with E-state index in [4.69, 9.17) is 0 Å². The van der Waals surface area contributed by atoms with E-state index in [1.54, 1.807) is 62.4 Å². The number of aromatic nitrogens is 2. The molecule has 10 heteroatoms. The maximum Gasteiger partial charge on any atom is 0.273 e. The van der Waals surface area contributed by atoms with E-state index in [1.807, 2.05) is 0 Å². The van der Waals surface area contributed by atoms with Crippen LogP contribution >= 0.6 is 0 Å². The lowest BCUT2D eigenvalue weighted by Crippen LogP contribution is -2.32. The van der Waals surface area contributed by atoms with Crippen LogP contribution < -0.4 is 21.2 Å². The van der Waals surface area contributed by atoms with Gasteiger partial charge in [-0.1, -0.05) is 36.4 Å². The van der Waals surface area contributed by atoms with Gasteiger partial charge in [-0.3, -0.25) is 19.5 Å². The summed E-state index contributed by atoms with van der Waals surface area (Å²) in [5.74, 6) is -0.394. The number of H-pyrrole nitrogens is 1. The van der Waals surface area contributed by atoms with Crippen LogP contribution in [0, 0.1) is 0 Å². The van der Waals surface area contributed by atoms with E-state index < -0.39 is 10.0 Å². The molecule has 3 aromatic rings. The molecule has 0 unspecified atom stereocenters. The Hall–Kier alpha value is -3.24. The Morgan fingerprint density at radius 1 is 1.00 bits per heavy atom. The largest absolute Gasteiger partial charge is 0.352 e. The number of carbonyl (C=O) groups excluding carboxylic acids is 1. The molecular weight excluding hydrogens is 432 g/mol. The van der Waals surface area contributed by atoms with Crippen molar-refractivity contribution >= 4 is 26.7 Å². The number of aromatic amines is 1. The first-order valence-corrected chi connectivity index (χ1v) is 11.9. The minimum Gasteiger partial charge on any atom is -0.352 e. The number of aryl methyl sites for hydroxylation is 1. The van der Waals surface area contributed by atoms with E-state index in [-0.39, 0.29) is 48.3 Å². The molecule has 0 fully saturated rings. The normalized spacial score (nSPS) is 11.7. The SMILES string of the molecule is CC(C)NS(=O)(=O)Cc1ccc(CNC(=O)CCn2[nH]c(=O)c3ccccc3c2=O)cc1. The molecule has 3 N–H and O–H groups in total. The Kier molecular flexibility index (Phi) is 7.26. The average Bonchev–Trinajstić information content (AvgIpc) is 2.73. The second-order valence-corrected chi connectivity index (χ2v) is 9.57. The van der Waals surface area contributed by atoms with Crippen molar-refractivity contribution < 1.29 is 13.2 Å². The number of rotatable bonds is 9. The summed E-state index contributed by atoms with van der Waals surface area (Å²) in [5, 5.41) is 5.88. The highest BCUT2D eigenvalue weighted by molar-refractivity contribution is 7.88. The van der Waals surface area contributed by atoms with Crippen LogP contribution in [0.5, 0.6) is 0 Å². The fourth-order valence-corrected chi connectivity index (χ4v) is 4.71. The first kappa shape index (κ1) is 23.4. The minimum atomic E-state index is -3.40. The molecule has 0 bridgehead atoms. The molecule has 0 aliphatic rings. The number of carbonyl (C=O) groups is 1. The van der Waals surface area contributed by atoms with Gasteiger partial charge in [0.05, 0.1) is 23.1 Å². The molecule has 0 atom stereocenters. The van der Waals surface area contributed by atoms with Gasteiger partial charge in [-0.15, -0.1) is 0 Å². The molecule has 0 radical (unpaired) electrons.